The Hall–Kier alpha value is 0.262. The van der Waals surface area contributed by atoms with E-state index in [-0.39, 0.29) is 80.0 Å². The molecule has 1 aliphatic rings. The van der Waals surface area contributed by atoms with Gasteiger partial charge >= 0.3 is 68.9 Å². The summed E-state index contributed by atoms with van der Waals surface area (Å²) in [4.78, 5) is 21.9. The first kappa shape index (κ1) is 15.3. The van der Waals surface area contributed by atoms with Crippen molar-refractivity contribution in [3.05, 3.63) is 41.5 Å². The van der Waals surface area contributed by atoms with E-state index in [1.807, 2.05) is 0 Å². The summed E-state index contributed by atoms with van der Waals surface area (Å²) in [5.74, 6) is -1.80. The molecule has 0 saturated heterocycles. The molecule has 17 heavy (non-hydrogen) atoms. The van der Waals surface area contributed by atoms with Crippen LogP contribution in [0.15, 0.2) is 30.3 Å². The molecule has 1 aromatic rings. The monoisotopic (exact) mass is 370 g/mol. The number of hydrogen-bond donors (Lipinski definition) is 0. The van der Waals surface area contributed by atoms with Gasteiger partial charge in [-0.1, -0.05) is 24.3 Å². The minimum absolute atomic E-state index is 0. The quantitative estimate of drug-likeness (QED) is 0.398. The second-order valence-electron chi connectivity index (χ2n) is 3.20. The maximum Gasteiger partial charge on any atom is 1.00 e. The number of benzene rings is 1. The molecular formula is C10H5CsO5S. The number of carbonyl (C=O) groups is 2. The second kappa shape index (κ2) is 5.49. The van der Waals surface area contributed by atoms with E-state index in [2.05, 4.69) is 0 Å². The minimum atomic E-state index is -4.76. The third-order valence-corrected chi connectivity index (χ3v) is 3.07. The van der Waals surface area contributed by atoms with Crippen LogP contribution in [0.3, 0.4) is 0 Å². The average molecular weight is 370 g/mol. The van der Waals surface area contributed by atoms with Crippen molar-refractivity contribution >= 4 is 26.6 Å². The summed E-state index contributed by atoms with van der Waals surface area (Å²) in [6.07, 6.45) is 0.576. The van der Waals surface area contributed by atoms with E-state index in [4.69, 9.17) is 0 Å². The summed E-state index contributed by atoms with van der Waals surface area (Å²) in [5, 5.41) is 0. The Balaban J connectivity index is 0.00000144. The molecule has 0 aromatic heterocycles. The fourth-order valence-electron chi connectivity index (χ4n) is 1.50. The van der Waals surface area contributed by atoms with Gasteiger partial charge in [-0.25, -0.2) is 8.42 Å². The van der Waals surface area contributed by atoms with Crippen molar-refractivity contribution < 1.29 is 91.5 Å². The molecule has 1 aliphatic carbocycles. The third kappa shape index (κ3) is 2.99. The molecule has 0 bridgehead atoms. The van der Waals surface area contributed by atoms with E-state index < -0.39 is 26.6 Å². The zero-order valence-electron chi connectivity index (χ0n) is 8.84. The minimum Gasteiger partial charge on any atom is -0.744 e. The SMILES string of the molecule is O=C1C=C(S(=O)(=O)[O-])c2ccccc2C1=O.[Cs+]. The maximum atomic E-state index is 11.4. The molecule has 0 saturated carbocycles. The number of ketones is 2. The summed E-state index contributed by atoms with van der Waals surface area (Å²) < 4.78 is 32.7. The zero-order valence-corrected chi connectivity index (χ0v) is 15.9. The molecule has 82 valence electrons. The van der Waals surface area contributed by atoms with Gasteiger partial charge in [0.2, 0.25) is 11.6 Å². The molecule has 5 nitrogen and oxygen atoms in total. The van der Waals surface area contributed by atoms with Crippen LogP contribution >= 0.6 is 0 Å². The molecule has 0 fully saturated rings. The summed E-state index contributed by atoms with van der Waals surface area (Å²) in [5.41, 5.74) is -0.0634. The topological polar surface area (TPSA) is 91.3 Å². The molecule has 7 heteroatoms. The van der Waals surface area contributed by atoms with Crippen LogP contribution in [0, 0.1) is 0 Å². The van der Waals surface area contributed by atoms with Crippen molar-refractivity contribution in [2.45, 2.75) is 0 Å². The fourth-order valence-corrected chi connectivity index (χ4v) is 2.20. The molecule has 0 heterocycles. The van der Waals surface area contributed by atoms with Crippen LogP contribution in [-0.4, -0.2) is 24.5 Å². The smallest absolute Gasteiger partial charge is 0.744 e. The maximum absolute atomic E-state index is 11.4. The van der Waals surface area contributed by atoms with E-state index in [9.17, 15) is 22.6 Å². The number of carbonyl (C=O) groups excluding carboxylic acids is 2. The van der Waals surface area contributed by atoms with Gasteiger partial charge in [-0.3, -0.25) is 9.59 Å². The van der Waals surface area contributed by atoms with Crippen LogP contribution in [0.1, 0.15) is 15.9 Å². The van der Waals surface area contributed by atoms with Crippen molar-refractivity contribution in [2.75, 3.05) is 0 Å². The summed E-state index contributed by atoms with van der Waals surface area (Å²) in [7, 11) is -4.76. The average Bonchev–Trinajstić information content (AvgIpc) is 2.22. The van der Waals surface area contributed by atoms with E-state index in [0.29, 0.717) is 6.08 Å². The summed E-state index contributed by atoms with van der Waals surface area (Å²) in [6.45, 7) is 0. The van der Waals surface area contributed by atoms with Gasteiger partial charge in [-0.05, 0) is 0 Å². The van der Waals surface area contributed by atoms with Crippen LogP contribution in [-0.2, 0) is 14.9 Å². The van der Waals surface area contributed by atoms with Gasteiger partial charge in [0, 0.05) is 17.2 Å². The van der Waals surface area contributed by atoms with Gasteiger partial charge in [0.1, 0.15) is 10.1 Å². The first-order valence-electron chi connectivity index (χ1n) is 4.27. The van der Waals surface area contributed by atoms with E-state index >= 15 is 0 Å². The predicted molar refractivity (Wildman–Crippen MR) is 53.5 cm³/mol. The Kier molecular flexibility index (Phi) is 4.95. The van der Waals surface area contributed by atoms with Crippen LogP contribution in [0.2, 0.25) is 0 Å². The Morgan fingerprint density at radius 3 is 2.06 bits per heavy atom. The van der Waals surface area contributed by atoms with Crippen molar-refractivity contribution in [1.29, 1.82) is 0 Å². The van der Waals surface area contributed by atoms with Gasteiger partial charge in [0.15, 0.2) is 0 Å². The predicted octanol–water partition coefficient (Wildman–Crippen LogP) is -2.66. The molecule has 0 unspecified atom stereocenters. The van der Waals surface area contributed by atoms with Gasteiger partial charge in [0.25, 0.3) is 0 Å². The molecule has 0 radical (unpaired) electrons. The second-order valence-corrected chi connectivity index (χ2v) is 4.55. The fraction of sp³-hybridized carbons (Fsp3) is 0. The van der Waals surface area contributed by atoms with E-state index in [1.165, 1.54) is 24.3 Å². The van der Waals surface area contributed by atoms with E-state index in [0.717, 1.165) is 0 Å². The first-order chi connectivity index (χ1) is 7.41. The van der Waals surface area contributed by atoms with Crippen molar-refractivity contribution in [3.8, 4) is 0 Å². The van der Waals surface area contributed by atoms with Crippen LogP contribution in [0.4, 0.5) is 0 Å². The zero-order chi connectivity index (χ0) is 11.9. The number of Topliss-reactive ketones (excluding diaryl/α,β-unsaturated/α-hetero) is 1. The molecule has 2 rings (SSSR count). The summed E-state index contributed by atoms with van der Waals surface area (Å²) >= 11 is 0. The van der Waals surface area contributed by atoms with E-state index in [1.54, 1.807) is 0 Å². The van der Waals surface area contributed by atoms with Crippen molar-refractivity contribution in [3.63, 3.8) is 0 Å². The van der Waals surface area contributed by atoms with Crippen LogP contribution in [0.25, 0.3) is 4.91 Å². The molecular weight excluding hydrogens is 365 g/mol. The van der Waals surface area contributed by atoms with Crippen molar-refractivity contribution in [2.24, 2.45) is 0 Å². The van der Waals surface area contributed by atoms with Gasteiger partial charge < -0.3 is 4.55 Å². The number of rotatable bonds is 1. The van der Waals surface area contributed by atoms with Crippen LogP contribution in [0.5, 0.6) is 0 Å². The number of fused-ring (bicyclic) bond motifs is 1. The molecule has 1 aromatic carbocycles. The van der Waals surface area contributed by atoms with Gasteiger partial charge in [-0.2, -0.15) is 0 Å². The van der Waals surface area contributed by atoms with Crippen LogP contribution < -0.4 is 68.9 Å². The molecule has 0 spiro atoms. The first-order valence-corrected chi connectivity index (χ1v) is 5.68. The van der Waals surface area contributed by atoms with Crippen molar-refractivity contribution in [1.82, 2.24) is 0 Å². The Morgan fingerprint density at radius 2 is 1.53 bits per heavy atom. The largest absolute Gasteiger partial charge is 1.00 e. The standard InChI is InChI=1S/C10H6O5S.Cs/c11-8-5-9(16(13,14)15)6-3-1-2-4-7(6)10(8)12;/h1-5H,(H,13,14,15);/q;+1/p-1. The number of allylic oxidation sites excluding steroid dienone is 1. The molecule has 0 amide bonds. The Bertz CT molecular complexity index is 630. The normalized spacial score (nSPS) is 14.8. The Labute approximate surface area is 156 Å². The van der Waals surface area contributed by atoms with Gasteiger partial charge in [0.05, 0.1) is 4.91 Å². The number of hydrogen-bond acceptors (Lipinski definition) is 5. The molecule has 0 aliphatic heterocycles. The third-order valence-electron chi connectivity index (χ3n) is 2.19. The Morgan fingerprint density at radius 1 is 1.00 bits per heavy atom. The molecule has 0 N–H and O–H groups in total. The molecule has 0 atom stereocenters. The van der Waals surface area contributed by atoms with Gasteiger partial charge in [-0.15, -0.1) is 0 Å². The summed E-state index contributed by atoms with van der Waals surface area (Å²) in [6, 6.07) is 5.61.